The van der Waals surface area contributed by atoms with Crippen LogP contribution in [0.15, 0.2) is 24.4 Å². The average Bonchev–Trinajstić information content (AvgIpc) is 3.05. The molecule has 0 radical (unpaired) electrons. The van der Waals surface area contributed by atoms with E-state index in [4.69, 9.17) is 11.6 Å². The highest BCUT2D eigenvalue weighted by Gasteiger charge is 2.26. The first kappa shape index (κ1) is 10.7. The topological polar surface area (TPSA) is 30.7 Å². The summed E-state index contributed by atoms with van der Waals surface area (Å²) in [7, 11) is 0. The molecule has 1 heterocycles. The van der Waals surface area contributed by atoms with Crippen LogP contribution in [0.1, 0.15) is 30.0 Å². The molecule has 0 aliphatic heterocycles. The van der Waals surface area contributed by atoms with E-state index in [1.54, 1.807) is 16.8 Å². The minimum atomic E-state index is -0.305. The molecule has 1 aliphatic carbocycles. The Morgan fingerprint density at radius 3 is 2.94 bits per heavy atom. The SMILES string of the molecule is Fc1cccc(Cl)c1Cn1cc(C2CC2)nn1. The summed E-state index contributed by atoms with van der Waals surface area (Å²) in [5.74, 6) is 0.251. The lowest BCUT2D eigenvalue weighted by Gasteiger charge is -2.04. The number of aromatic nitrogens is 3. The molecule has 1 aliphatic rings. The predicted octanol–water partition coefficient (Wildman–Crippen LogP) is 3.00. The van der Waals surface area contributed by atoms with Crippen molar-refractivity contribution in [2.45, 2.75) is 25.3 Å². The summed E-state index contributed by atoms with van der Waals surface area (Å²) in [5.41, 5.74) is 1.46. The Balaban J connectivity index is 1.85. The normalized spacial score (nSPS) is 15.2. The summed E-state index contributed by atoms with van der Waals surface area (Å²) in [6.45, 7) is 0.325. The molecule has 2 aromatic rings. The van der Waals surface area contributed by atoms with Crippen molar-refractivity contribution in [2.75, 3.05) is 0 Å². The van der Waals surface area contributed by atoms with E-state index in [-0.39, 0.29) is 5.82 Å². The number of hydrogen-bond acceptors (Lipinski definition) is 2. The molecule has 1 aromatic carbocycles. The minimum absolute atomic E-state index is 0.305. The highest BCUT2D eigenvalue weighted by Crippen LogP contribution is 2.38. The van der Waals surface area contributed by atoms with Crippen LogP contribution in [0.25, 0.3) is 0 Å². The Morgan fingerprint density at radius 1 is 1.41 bits per heavy atom. The predicted molar refractivity (Wildman–Crippen MR) is 62.5 cm³/mol. The van der Waals surface area contributed by atoms with Gasteiger partial charge < -0.3 is 0 Å². The molecule has 1 fully saturated rings. The number of benzene rings is 1. The van der Waals surface area contributed by atoms with Crippen LogP contribution in [0.5, 0.6) is 0 Å². The van der Waals surface area contributed by atoms with Gasteiger partial charge in [-0.25, -0.2) is 9.07 Å². The van der Waals surface area contributed by atoms with E-state index < -0.39 is 0 Å². The fraction of sp³-hybridized carbons (Fsp3) is 0.333. The zero-order valence-electron chi connectivity index (χ0n) is 9.11. The van der Waals surface area contributed by atoms with Crippen molar-refractivity contribution in [1.82, 2.24) is 15.0 Å². The Bertz CT molecular complexity index is 528. The van der Waals surface area contributed by atoms with Crippen molar-refractivity contribution in [3.05, 3.63) is 46.5 Å². The Morgan fingerprint density at radius 2 is 2.24 bits per heavy atom. The van der Waals surface area contributed by atoms with Crippen molar-refractivity contribution in [3.8, 4) is 0 Å². The zero-order chi connectivity index (χ0) is 11.8. The molecule has 1 aromatic heterocycles. The summed E-state index contributed by atoms with van der Waals surface area (Å²) < 4.78 is 15.2. The van der Waals surface area contributed by atoms with E-state index in [2.05, 4.69) is 10.3 Å². The van der Waals surface area contributed by atoms with Crippen molar-refractivity contribution < 1.29 is 4.39 Å². The number of halogens is 2. The highest BCUT2D eigenvalue weighted by atomic mass is 35.5. The Kier molecular flexibility index (Phi) is 2.59. The van der Waals surface area contributed by atoms with Crippen LogP contribution in [0.4, 0.5) is 4.39 Å². The van der Waals surface area contributed by atoms with Gasteiger partial charge in [-0.1, -0.05) is 22.9 Å². The maximum absolute atomic E-state index is 13.6. The van der Waals surface area contributed by atoms with Gasteiger partial charge in [-0.3, -0.25) is 0 Å². The number of hydrogen-bond donors (Lipinski definition) is 0. The lowest BCUT2D eigenvalue weighted by molar-refractivity contribution is 0.577. The average molecular weight is 252 g/mol. The maximum atomic E-state index is 13.6. The van der Waals surface area contributed by atoms with E-state index in [9.17, 15) is 4.39 Å². The molecule has 0 saturated heterocycles. The molecule has 0 N–H and O–H groups in total. The second kappa shape index (κ2) is 4.11. The van der Waals surface area contributed by atoms with Crippen molar-refractivity contribution >= 4 is 11.6 Å². The minimum Gasteiger partial charge on any atom is -0.248 e. The molecular formula is C12H11ClFN3. The fourth-order valence-corrected chi connectivity index (χ4v) is 2.02. The van der Waals surface area contributed by atoms with E-state index >= 15 is 0 Å². The molecule has 0 amide bonds. The van der Waals surface area contributed by atoms with Crippen molar-refractivity contribution in [1.29, 1.82) is 0 Å². The molecule has 3 nitrogen and oxygen atoms in total. The van der Waals surface area contributed by atoms with Gasteiger partial charge in [-0.2, -0.15) is 0 Å². The van der Waals surface area contributed by atoms with Gasteiger partial charge in [0.25, 0.3) is 0 Å². The first-order valence-electron chi connectivity index (χ1n) is 5.57. The molecule has 0 bridgehead atoms. The molecule has 3 rings (SSSR count). The monoisotopic (exact) mass is 251 g/mol. The van der Waals surface area contributed by atoms with Crippen molar-refractivity contribution in [3.63, 3.8) is 0 Å². The molecule has 88 valence electrons. The second-order valence-electron chi connectivity index (χ2n) is 4.32. The third-order valence-corrected chi connectivity index (χ3v) is 3.29. The van der Waals surface area contributed by atoms with E-state index in [1.165, 1.54) is 18.9 Å². The third-order valence-electron chi connectivity index (χ3n) is 2.93. The van der Waals surface area contributed by atoms with Crippen LogP contribution in [0, 0.1) is 5.82 Å². The van der Waals surface area contributed by atoms with Gasteiger partial charge in [0.15, 0.2) is 0 Å². The standard InChI is InChI=1S/C12H11ClFN3/c13-10-2-1-3-11(14)9(10)6-17-7-12(15-16-17)8-4-5-8/h1-3,7-8H,4-6H2. The van der Waals surface area contributed by atoms with Gasteiger partial charge in [0, 0.05) is 22.7 Å². The highest BCUT2D eigenvalue weighted by molar-refractivity contribution is 6.31. The Hall–Kier alpha value is -1.42. The Labute approximate surface area is 103 Å². The molecule has 0 unspecified atom stereocenters. The maximum Gasteiger partial charge on any atom is 0.129 e. The lowest BCUT2D eigenvalue weighted by Crippen LogP contribution is -2.03. The molecule has 1 saturated carbocycles. The summed E-state index contributed by atoms with van der Waals surface area (Å²) in [4.78, 5) is 0. The van der Waals surface area contributed by atoms with Crippen LogP contribution in [0.2, 0.25) is 5.02 Å². The van der Waals surface area contributed by atoms with Crippen LogP contribution in [-0.2, 0) is 6.54 Å². The largest absolute Gasteiger partial charge is 0.248 e. The van der Waals surface area contributed by atoms with Gasteiger partial charge in [0.2, 0.25) is 0 Å². The summed E-state index contributed by atoms with van der Waals surface area (Å²) in [6.07, 6.45) is 4.23. The van der Waals surface area contributed by atoms with Gasteiger partial charge >= 0.3 is 0 Å². The van der Waals surface area contributed by atoms with Gasteiger partial charge in [-0.15, -0.1) is 5.10 Å². The molecule has 0 atom stereocenters. The molecule has 17 heavy (non-hydrogen) atoms. The molecule has 5 heteroatoms. The summed E-state index contributed by atoms with van der Waals surface area (Å²) >= 11 is 5.96. The van der Waals surface area contributed by atoms with Gasteiger partial charge in [-0.05, 0) is 25.0 Å². The first-order valence-corrected chi connectivity index (χ1v) is 5.95. The van der Waals surface area contributed by atoms with Crippen LogP contribution in [-0.4, -0.2) is 15.0 Å². The smallest absolute Gasteiger partial charge is 0.129 e. The third kappa shape index (κ3) is 2.17. The quantitative estimate of drug-likeness (QED) is 0.840. The lowest BCUT2D eigenvalue weighted by atomic mass is 10.2. The molecule has 0 spiro atoms. The van der Waals surface area contributed by atoms with Crippen LogP contribution in [0.3, 0.4) is 0 Å². The second-order valence-corrected chi connectivity index (χ2v) is 4.72. The zero-order valence-corrected chi connectivity index (χ0v) is 9.86. The van der Waals surface area contributed by atoms with E-state index in [0.717, 1.165) is 5.69 Å². The summed E-state index contributed by atoms with van der Waals surface area (Å²) in [5, 5.41) is 8.50. The van der Waals surface area contributed by atoms with Crippen molar-refractivity contribution in [2.24, 2.45) is 0 Å². The van der Waals surface area contributed by atoms with Gasteiger partial charge in [0.1, 0.15) is 5.82 Å². The number of nitrogens with zero attached hydrogens (tertiary/aromatic N) is 3. The number of rotatable bonds is 3. The van der Waals surface area contributed by atoms with Crippen LogP contribution < -0.4 is 0 Å². The van der Waals surface area contributed by atoms with E-state index in [1.807, 2.05) is 6.20 Å². The van der Waals surface area contributed by atoms with Crippen LogP contribution >= 0.6 is 11.6 Å². The fourth-order valence-electron chi connectivity index (χ4n) is 1.80. The van der Waals surface area contributed by atoms with Gasteiger partial charge in [0.05, 0.1) is 12.2 Å². The summed E-state index contributed by atoms with van der Waals surface area (Å²) in [6, 6.07) is 4.68. The van der Waals surface area contributed by atoms with E-state index in [0.29, 0.717) is 23.0 Å². The first-order chi connectivity index (χ1) is 8.24. The molecular weight excluding hydrogens is 241 g/mol.